The lowest BCUT2D eigenvalue weighted by Gasteiger charge is -2.29. The number of carbonyl (C=O) groups excluding carboxylic acids is 5. The van der Waals surface area contributed by atoms with Gasteiger partial charge in [-0.15, -0.1) is 11.3 Å². The Balaban J connectivity index is 1.28. The molecule has 13 nitrogen and oxygen atoms in total. The number of amides is 5. The fraction of sp³-hybridized carbons (Fsp3) is 0.341. The Morgan fingerprint density at radius 2 is 1.29 bits per heavy atom. The molecule has 5 amide bonds. The molecule has 288 valence electrons. The molecule has 55 heavy (non-hydrogen) atoms. The fourth-order valence-electron chi connectivity index (χ4n) is 6.77. The Labute approximate surface area is 323 Å². The van der Waals surface area contributed by atoms with E-state index in [1.165, 1.54) is 0 Å². The van der Waals surface area contributed by atoms with Crippen LogP contribution in [0.2, 0.25) is 0 Å². The summed E-state index contributed by atoms with van der Waals surface area (Å²) in [5, 5.41) is 18.5. The van der Waals surface area contributed by atoms with Crippen molar-refractivity contribution in [2.24, 2.45) is 17.4 Å². The maximum Gasteiger partial charge on any atom is 0.243 e. The number of para-hydroxylation sites is 1. The monoisotopic (exact) mass is 764 g/mol. The number of primary amides is 1. The van der Waals surface area contributed by atoms with Crippen molar-refractivity contribution in [3.05, 3.63) is 107 Å². The maximum atomic E-state index is 14.5. The van der Waals surface area contributed by atoms with Gasteiger partial charge in [0, 0.05) is 54.2 Å². The number of carbonyl (C=O) groups is 5. The molecule has 3 heterocycles. The van der Waals surface area contributed by atoms with E-state index in [0.29, 0.717) is 38.9 Å². The minimum absolute atomic E-state index is 0.0822. The highest BCUT2D eigenvalue weighted by Crippen LogP contribution is 2.27. The predicted octanol–water partition coefficient (Wildman–Crippen LogP) is 2.18. The normalized spacial score (nSPS) is 15.0. The summed E-state index contributed by atoms with van der Waals surface area (Å²) in [5.74, 6) is -2.93. The fourth-order valence-corrected chi connectivity index (χ4v) is 7.74. The molecule has 0 spiro atoms. The van der Waals surface area contributed by atoms with Crippen molar-refractivity contribution in [2.45, 2.75) is 62.7 Å². The van der Waals surface area contributed by atoms with Crippen LogP contribution < -0.4 is 38.1 Å². The molecule has 10 N–H and O–H groups in total. The quantitative estimate of drug-likeness (QED) is 0.0587. The molecule has 1 aliphatic heterocycles. The van der Waals surface area contributed by atoms with Crippen LogP contribution in [0.15, 0.2) is 90.4 Å². The first kappa shape index (κ1) is 39.1. The highest BCUT2D eigenvalue weighted by atomic mass is 32.1. The van der Waals surface area contributed by atoms with Gasteiger partial charge in [-0.3, -0.25) is 24.0 Å². The van der Waals surface area contributed by atoms with E-state index < -0.39 is 47.8 Å². The minimum atomic E-state index is -1.15. The van der Waals surface area contributed by atoms with Crippen LogP contribution >= 0.6 is 11.3 Å². The molecule has 1 fully saturated rings. The average molecular weight is 765 g/mol. The van der Waals surface area contributed by atoms with E-state index >= 15 is 0 Å². The van der Waals surface area contributed by atoms with E-state index in [0.717, 1.165) is 37.7 Å². The second kappa shape index (κ2) is 18.7. The number of H-pyrrole nitrogens is 1. The third-order valence-electron chi connectivity index (χ3n) is 10.0. The van der Waals surface area contributed by atoms with Crippen molar-refractivity contribution < 1.29 is 24.0 Å². The number of hydrogen-bond acceptors (Lipinski definition) is 8. The van der Waals surface area contributed by atoms with Gasteiger partial charge in [-0.05, 0) is 65.4 Å². The van der Waals surface area contributed by atoms with Crippen LogP contribution in [0.1, 0.15) is 36.0 Å². The summed E-state index contributed by atoms with van der Waals surface area (Å²) in [5.41, 5.74) is 14.6. The Bertz CT molecular complexity index is 2110. The molecule has 2 aromatic heterocycles. The lowest BCUT2D eigenvalue weighted by atomic mass is 9.98. The topological polar surface area (TPSA) is 213 Å². The Kier molecular flexibility index (Phi) is 13.3. The van der Waals surface area contributed by atoms with E-state index in [2.05, 4.69) is 31.6 Å². The van der Waals surface area contributed by atoms with Crippen LogP contribution in [0.4, 0.5) is 0 Å². The van der Waals surface area contributed by atoms with E-state index in [9.17, 15) is 24.0 Å². The van der Waals surface area contributed by atoms with Crippen molar-refractivity contribution in [3.8, 4) is 0 Å². The van der Waals surface area contributed by atoms with Gasteiger partial charge in [-0.25, -0.2) is 0 Å². The number of aromatic amines is 1. The van der Waals surface area contributed by atoms with Gasteiger partial charge in [-0.2, -0.15) is 0 Å². The molecular weight excluding hydrogens is 717 g/mol. The van der Waals surface area contributed by atoms with Crippen LogP contribution in [0.5, 0.6) is 0 Å². The van der Waals surface area contributed by atoms with Crippen LogP contribution in [0, 0.1) is 5.92 Å². The SMILES string of the molecule is NCCCC[C@@H](NC(=O)[C@H](Cc1ccccc1)NC(=O)[C@@H](Cc1c[nH]c2ccccc12)NC(=O)[C@@H](Cc1csc2ccccc12)NC(=O)C1CNC1)C(N)=O. The van der Waals surface area contributed by atoms with Crippen molar-refractivity contribution in [1.82, 2.24) is 31.6 Å². The molecule has 0 radical (unpaired) electrons. The summed E-state index contributed by atoms with van der Waals surface area (Å²) >= 11 is 1.56. The van der Waals surface area contributed by atoms with Crippen molar-refractivity contribution in [2.75, 3.05) is 19.6 Å². The first-order valence-corrected chi connectivity index (χ1v) is 19.5. The Morgan fingerprint density at radius 1 is 0.691 bits per heavy atom. The number of rotatable bonds is 19. The minimum Gasteiger partial charge on any atom is -0.368 e. The van der Waals surface area contributed by atoms with Crippen LogP contribution in [0.25, 0.3) is 21.0 Å². The van der Waals surface area contributed by atoms with E-state index in [4.69, 9.17) is 11.5 Å². The van der Waals surface area contributed by atoms with Gasteiger partial charge >= 0.3 is 0 Å². The van der Waals surface area contributed by atoms with Crippen LogP contribution in [0.3, 0.4) is 0 Å². The molecule has 6 rings (SSSR count). The summed E-state index contributed by atoms with van der Waals surface area (Å²) in [6.45, 7) is 1.46. The summed E-state index contributed by atoms with van der Waals surface area (Å²) in [6, 6.07) is 20.5. The predicted molar refractivity (Wildman–Crippen MR) is 214 cm³/mol. The smallest absolute Gasteiger partial charge is 0.243 e. The molecule has 4 atom stereocenters. The van der Waals surface area contributed by atoms with E-state index in [1.807, 2.05) is 84.2 Å². The van der Waals surface area contributed by atoms with Gasteiger partial charge in [0.25, 0.3) is 0 Å². The number of unbranched alkanes of at least 4 members (excludes halogenated alkanes) is 1. The van der Waals surface area contributed by atoms with Gasteiger partial charge in [0.2, 0.25) is 29.5 Å². The molecule has 0 aliphatic carbocycles. The first-order chi connectivity index (χ1) is 26.7. The number of nitrogens with one attached hydrogen (secondary N) is 6. The molecule has 1 aliphatic rings. The molecule has 0 unspecified atom stereocenters. The summed E-state index contributed by atoms with van der Waals surface area (Å²) in [7, 11) is 0. The van der Waals surface area contributed by atoms with Gasteiger partial charge in [0.1, 0.15) is 24.2 Å². The van der Waals surface area contributed by atoms with Crippen molar-refractivity contribution in [1.29, 1.82) is 0 Å². The molecule has 14 heteroatoms. The second-order valence-electron chi connectivity index (χ2n) is 14.0. The number of thiophene rings is 1. The first-order valence-electron chi connectivity index (χ1n) is 18.7. The highest BCUT2D eigenvalue weighted by molar-refractivity contribution is 7.17. The number of fused-ring (bicyclic) bond motifs is 2. The Hall–Kier alpha value is -5.57. The zero-order chi connectivity index (χ0) is 38.7. The number of nitrogens with two attached hydrogens (primary N) is 2. The zero-order valence-corrected chi connectivity index (χ0v) is 31.3. The Morgan fingerprint density at radius 3 is 1.96 bits per heavy atom. The summed E-state index contributed by atoms with van der Waals surface area (Å²) in [4.78, 5) is 71.6. The molecule has 3 aromatic carbocycles. The number of benzene rings is 3. The van der Waals surface area contributed by atoms with Crippen molar-refractivity contribution in [3.63, 3.8) is 0 Å². The number of hydrogen-bond donors (Lipinski definition) is 8. The molecule has 0 saturated carbocycles. The zero-order valence-electron chi connectivity index (χ0n) is 30.5. The van der Waals surface area contributed by atoms with E-state index in [-0.39, 0.29) is 31.1 Å². The van der Waals surface area contributed by atoms with Crippen LogP contribution in [-0.2, 0) is 43.2 Å². The van der Waals surface area contributed by atoms with Gasteiger partial charge in [0.05, 0.1) is 5.92 Å². The molecule has 0 bridgehead atoms. The average Bonchev–Trinajstić information content (AvgIpc) is 3.77. The third kappa shape index (κ3) is 10.1. The van der Waals surface area contributed by atoms with Gasteiger partial charge in [0.15, 0.2) is 0 Å². The maximum absolute atomic E-state index is 14.5. The number of aromatic nitrogens is 1. The molecule has 1 saturated heterocycles. The molecular formula is C41H48N8O5S. The highest BCUT2D eigenvalue weighted by Gasteiger charge is 2.34. The van der Waals surface area contributed by atoms with Gasteiger partial charge < -0.3 is 43.0 Å². The van der Waals surface area contributed by atoms with Crippen molar-refractivity contribution >= 4 is 61.9 Å². The lowest BCUT2D eigenvalue weighted by Crippen LogP contribution is -2.60. The van der Waals surface area contributed by atoms with Gasteiger partial charge in [-0.1, -0.05) is 66.7 Å². The standard InChI is InChI=1S/C41H48N8O5S/c42-17-9-8-15-32(37(43)50)46-39(52)33(18-25-10-2-1-3-11-25)48-40(53)34(19-26-23-45-31-14-6-4-12-29(26)31)49-41(54)35(47-38(51)28-21-44-22-28)20-27-24-55-36-16-7-5-13-30(27)36/h1-7,10-14,16,23-24,28,32-35,44-45H,8-9,15,17-22,42H2,(H2,43,50)(H,46,52)(H,47,51)(H,48,53)(H,49,54)/t32-,33+,34-,35-/m1/s1. The lowest BCUT2D eigenvalue weighted by molar-refractivity contribution is -0.135. The van der Waals surface area contributed by atoms with Crippen LogP contribution in [-0.4, -0.2) is 78.3 Å². The second-order valence-corrected chi connectivity index (χ2v) is 14.9. The summed E-state index contributed by atoms with van der Waals surface area (Å²) in [6.07, 6.45) is 3.73. The largest absolute Gasteiger partial charge is 0.368 e. The molecule has 5 aromatic rings. The third-order valence-corrected chi connectivity index (χ3v) is 11.0. The van der Waals surface area contributed by atoms with E-state index in [1.54, 1.807) is 17.5 Å². The summed E-state index contributed by atoms with van der Waals surface area (Å²) < 4.78 is 1.06.